The van der Waals surface area contributed by atoms with Crippen molar-refractivity contribution in [3.05, 3.63) is 0 Å². The first-order valence-corrected chi connectivity index (χ1v) is 10.7. The number of aliphatic hydroxyl groups is 4. The van der Waals surface area contributed by atoms with E-state index in [9.17, 15) is 34.8 Å². The molecule has 2 saturated carbocycles. The Morgan fingerprint density at radius 1 is 0.906 bits per heavy atom. The fraction of sp³-hybridized carbons (Fsp3) is 0.857. The highest BCUT2D eigenvalue weighted by molar-refractivity contribution is 5.87. The molecule has 3 heterocycles. The minimum atomic E-state index is -2.19. The van der Waals surface area contributed by atoms with E-state index in [4.69, 9.17) is 18.9 Å². The summed E-state index contributed by atoms with van der Waals surface area (Å²) in [6.45, 7) is 6.66. The van der Waals surface area contributed by atoms with Crippen molar-refractivity contribution in [3.63, 3.8) is 0 Å². The first-order chi connectivity index (χ1) is 14.7. The van der Waals surface area contributed by atoms with Gasteiger partial charge < -0.3 is 39.4 Å². The Balaban J connectivity index is 1.87. The lowest BCUT2D eigenvalue weighted by molar-refractivity contribution is -0.242. The molecule has 3 saturated heterocycles. The second-order valence-corrected chi connectivity index (χ2v) is 10.8. The van der Waals surface area contributed by atoms with Crippen molar-refractivity contribution in [2.75, 3.05) is 7.11 Å². The summed E-state index contributed by atoms with van der Waals surface area (Å²) in [5, 5.41) is 46.2. The van der Waals surface area contributed by atoms with Crippen LogP contribution >= 0.6 is 0 Å². The highest BCUT2D eigenvalue weighted by Crippen LogP contribution is 2.78. The van der Waals surface area contributed by atoms with Crippen LogP contribution in [0.3, 0.4) is 0 Å². The van der Waals surface area contributed by atoms with Gasteiger partial charge in [-0.2, -0.15) is 0 Å². The van der Waals surface area contributed by atoms with Crippen LogP contribution in [0.1, 0.15) is 27.7 Å². The van der Waals surface area contributed by atoms with Gasteiger partial charge in [-0.1, -0.05) is 20.8 Å². The van der Waals surface area contributed by atoms with E-state index in [1.165, 1.54) is 14.0 Å². The van der Waals surface area contributed by atoms with Crippen LogP contribution in [-0.2, 0) is 33.3 Å². The number of cyclic esters (lactones) is 1. The number of ether oxygens (including phenoxy) is 4. The zero-order valence-electron chi connectivity index (χ0n) is 18.3. The predicted molar refractivity (Wildman–Crippen MR) is 100 cm³/mol. The maximum atomic E-state index is 13.2. The maximum absolute atomic E-state index is 13.2. The summed E-state index contributed by atoms with van der Waals surface area (Å²) in [7, 11) is 1.24. The molecule has 12 atom stereocenters. The number of hydrogen-bond donors (Lipinski definition) is 4. The monoisotopic (exact) mass is 456 g/mol. The Bertz CT molecular complexity index is 912. The van der Waals surface area contributed by atoms with E-state index in [0.29, 0.717) is 0 Å². The molecule has 5 rings (SSSR count). The molecule has 4 N–H and O–H groups in total. The normalized spacial score (nSPS) is 56.2. The topological polar surface area (TPSA) is 169 Å². The van der Waals surface area contributed by atoms with Crippen molar-refractivity contribution >= 4 is 17.9 Å². The van der Waals surface area contributed by atoms with Crippen molar-refractivity contribution in [1.29, 1.82) is 0 Å². The number of fused-ring (bicyclic) bond motifs is 2. The number of hydrogen-bond acceptors (Lipinski definition) is 11. The fourth-order valence-electron chi connectivity index (χ4n) is 7.95. The first kappa shape index (κ1) is 22.0. The van der Waals surface area contributed by atoms with Gasteiger partial charge in [0, 0.05) is 13.0 Å². The summed E-state index contributed by atoms with van der Waals surface area (Å²) in [6, 6.07) is 0. The Hall–Kier alpha value is -1.79. The van der Waals surface area contributed by atoms with Gasteiger partial charge in [0.25, 0.3) is 0 Å². The molecule has 178 valence electrons. The Morgan fingerprint density at radius 2 is 1.50 bits per heavy atom. The van der Waals surface area contributed by atoms with Gasteiger partial charge in [-0.05, 0) is 12.3 Å². The van der Waals surface area contributed by atoms with Crippen LogP contribution in [0.25, 0.3) is 0 Å². The molecule has 2 spiro atoms. The average Bonchev–Trinajstić information content (AvgIpc) is 3.35. The number of aliphatic hydroxyl groups excluding tert-OH is 3. The largest absolute Gasteiger partial charge is 0.459 e. The van der Waals surface area contributed by atoms with Crippen LogP contribution in [0.5, 0.6) is 0 Å². The summed E-state index contributed by atoms with van der Waals surface area (Å²) in [5.74, 6) is -6.60. The second-order valence-electron chi connectivity index (χ2n) is 10.8. The van der Waals surface area contributed by atoms with Crippen molar-refractivity contribution in [2.45, 2.75) is 70.1 Å². The zero-order valence-corrected chi connectivity index (χ0v) is 18.3. The number of carbonyl (C=O) groups excluding carboxylic acids is 3. The standard InChI is InChI=1S/C21H28O11/c1-6-14(25)31-13-10(23)19-9(21(6,13)28)15(26)30-12(19)7(22)8(18(2,3)4)20(19)11(24)16(27)32-17(20)29-5/h6-13,17,22-24,28H,1-5H3/t6-,7-,8+,9?,10+,11+,12?,13+,17?,19+,20?,21+/m1/s1. The number of rotatable bonds is 1. The minimum Gasteiger partial charge on any atom is -0.459 e. The van der Waals surface area contributed by atoms with Gasteiger partial charge in [-0.15, -0.1) is 0 Å². The van der Waals surface area contributed by atoms with E-state index in [1.807, 2.05) is 0 Å². The van der Waals surface area contributed by atoms with Gasteiger partial charge in [-0.3, -0.25) is 9.59 Å². The average molecular weight is 456 g/mol. The summed E-state index contributed by atoms with van der Waals surface area (Å²) in [4.78, 5) is 38.2. The Labute approximate surface area is 183 Å². The van der Waals surface area contributed by atoms with Crippen LogP contribution in [-0.4, -0.2) is 87.9 Å². The Kier molecular flexibility index (Phi) is 4.13. The lowest BCUT2D eigenvalue weighted by Gasteiger charge is -2.51. The third-order valence-corrected chi connectivity index (χ3v) is 8.76. The predicted octanol–water partition coefficient (Wildman–Crippen LogP) is -1.91. The number of carbonyl (C=O) groups is 3. The molecule has 2 aliphatic carbocycles. The van der Waals surface area contributed by atoms with E-state index in [0.717, 1.165) is 0 Å². The van der Waals surface area contributed by atoms with Crippen molar-refractivity contribution in [2.24, 2.45) is 34.0 Å². The van der Waals surface area contributed by atoms with E-state index < -0.39 is 94.3 Å². The van der Waals surface area contributed by atoms with E-state index in [-0.39, 0.29) is 0 Å². The molecule has 32 heavy (non-hydrogen) atoms. The zero-order chi connectivity index (χ0) is 23.8. The van der Waals surface area contributed by atoms with Crippen LogP contribution in [0.15, 0.2) is 0 Å². The molecule has 11 heteroatoms. The lowest BCUT2D eigenvalue weighted by atomic mass is 9.50. The first-order valence-electron chi connectivity index (χ1n) is 10.7. The highest BCUT2D eigenvalue weighted by atomic mass is 16.7. The molecule has 0 aromatic rings. The van der Waals surface area contributed by atoms with Crippen molar-refractivity contribution in [3.8, 4) is 0 Å². The second kappa shape index (κ2) is 6.01. The molecule has 11 nitrogen and oxygen atoms in total. The fourth-order valence-corrected chi connectivity index (χ4v) is 7.95. The van der Waals surface area contributed by atoms with E-state index in [1.54, 1.807) is 20.8 Å². The van der Waals surface area contributed by atoms with E-state index >= 15 is 0 Å². The van der Waals surface area contributed by atoms with Gasteiger partial charge >= 0.3 is 17.9 Å². The summed E-state index contributed by atoms with van der Waals surface area (Å²) in [5.41, 5.74) is -6.85. The van der Waals surface area contributed by atoms with E-state index in [2.05, 4.69) is 0 Å². The molecule has 0 bridgehead atoms. The number of esters is 3. The van der Waals surface area contributed by atoms with Gasteiger partial charge in [0.2, 0.25) is 6.29 Å². The van der Waals surface area contributed by atoms with Crippen LogP contribution in [0.2, 0.25) is 0 Å². The van der Waals surface area contributed by atoms with Gasteiger partial charge in [0.15, 0.2) is 12.2 Å². The SMILES string of the molecule is COC1OC(=O)[C@H](O)C12[C@H](C(C)(C)C)[C@@H](O)C1OC(=O)C3[C@@]4(O)[C@H](C)C(=O)O[C@H]4[C@H](O)[C@]132. The highest BCUT2D eigenvalue weighted by Gasteiger charge is 2.95. The quantitative estimate of drug-likeness (QED) is 0.257. The summed E-state index contributed by atoms with van der Waals surface area (Å²) < 4.78 is 21.7. The lowest BCUT2D eigenvalue weighted by Crippen LogP contribution is -2.64. The molecular formula is C21H28O11. The minimum absolute atomic E-state index is 0.801. The van der Waals surface area contributed by atoms with Gasteiger partial charge in [-0.25, -0.2) is 4.79 Å². The molecule has 4 unspecified atom stereocenters. The molecule has 5 aliphatic rings. The molecule has 5 fully saturated rings. The molecule has 0 radical (unpaired) electrons. The molecule has 0 amide bonds. The van der Waals surface area contributed by atoms with Crippen LogP contribution in [0.4, 0.5) is 0 Å². The summed E-state index contributed by atoms with van der Waals surface area (Å²) >= 11 is 0. The molecular weight excluding hydrogens is 428 g/mol. The molecule has 0 aromatic carbocycles. The summed E-state index contributed by atoms with van der Waals surface area (Å²) in [6.07, 6.45) is -9.57. The van der Waals surface area contributed by atoms with Crippen LogP contribution < -0.4 is 0 Å². The molecule has 3 aliphatic heterocycles. The number of methoxy groups -OCH3 is 1. The third-order valence-electron chi connectivity index (χ3n) is 8.76. The van der Waals surface area contributed by atoms with Crippen molar-refractivity contribution in [1.82, 2.24) is 0 Å². The Morgan fingerprint density at radius 3 is 2.06 bits per heavy atom. The molecule has 0 aromatic heterocycles. The third kappa shape index (κ3) is 1.89. The van der Waals surface area contributed by atoms with Gasteiger partial charge in [0.05, 0.1) is 22.9 Å². The van der Waals surface area contributed by atoms with Gasteiger partial charge in [0.1, 0.15) is 23.7 Å². The smallest absolute Gasteiger partial charge is 0.338 e. The van der Waals surface area contributed by atoms with Crippen molar-refractivity contribution < 1.29 is 53.8 Å². The van der Waals surface area contributed by atoms with Crippen LogP contribution in [0, 0.1) is 34.0 Å². The maximum Gasteiger partial charge on any atom is 0.338 e.